The molecular weight excluding hydrogens is 665 g/mol. The maximum absolute atomic E-state index is 2.53. The van der Waals surface area contributed by atoms with Gasteiger partial charge in [0.25, 0.3) is 6.71 Å². The van der Waals surface area contributed by atoms with E-state index in [9.17, 15) is 0 Å². The third kappa shape index (κ3) is 4.71. The molecule has 9 aromatic rings. The van der Waals surface area contributed by atoms with Crippen LogP contribution in [0, 0.1) is 0 Å². The Hall–Kier alpha value is -6.78. The van der Waals surface area contributed by atoms with Crippen LogP contribution in [-0.4, -0.2) is 11.3 Å². The van der Waals surface area contributed by atoms with Crippen LogP contribution in [0.2, 0.25) is 0 Å². The molecule has 4 heteroatoms. The molecule has 1 aromatic heterocycles. The highest BCUT2D eigenvalue weighted by Crippen LogP contribution is 2.47. The minimum absolute atomic E-state index is 0.0391. The van der Waals surface area contributed by atoms with E-state index in [2.05, 4.69) is 222 Å². The zero-order chi connectivity index (χ0) is 36.7. The summed E-state index contributed by atoms with van der Waals surface area (Å²) < 4.78 is 2.44. The van der Waals surface area contributed by atoms with Crippen molar-refractivity contribution in [1.82, 2.24) is 4.57 Å². The Kier molecular flexibility index (Phi) is 6.99. The number of fused-ring (bicyclic) bond motifs is 7. The maximum atomic E-state index is 2.53. The molecule has 55 heavy (non-hydrogen) atoms. The lowest BCUT2D eigenvalue weighted by atomic mass is 9.33. The van der Waals surface area contributed by atoms with Gasteiger partial charge in [-0.25, -0.2) is 0 Å². The summed E-state index contributed by atoms with van der Waals surface area (Å²) >= 11 is 0. The summed E-state index contributed by atoms with van der Waals surface area (Å²) in [5.41, 5.74) is 17.0. The lowest BCUT2D eigenvalue weighted by molar-refractivity contribution is 0.641. The molecule has 0 spiro atoms. The third-order valence-electron chi connectivity index (χ3n) is 12.0. The quantitative estimate of drug-likeness (QED) is 0.165. The molecule has 0 aliphatic carbocycles. The van der Waals surface area contributed by atoms with Crippen molar-refractivity contribution in [3.8, 4) is 5.69 Å². The van der Waals surface area contributed by atoms with Gasteiger partial charge in [0.2, 0.25) is 0 Å². The first-order valence-electron chi connectivity index (χ1n) is 19.2. The number of hydrogen-bond acceptors (Lipinski definition) is 2. The SMILES string of the molecule is CC(C)(c1ccccc1)c1cc2c3c(c1)N(c1ccccc1)c1cc(-n4c5ccccc5c5ccccc54)ccc1B3c1ccccc1N2c1ccccc1. The summed E-state index contributed by atoms with van der Waals surface area (Å²) in [5.74, 6) is 0. The molecule has 0 unspecified atom stereocenters. The Morgan fingerprint density at radius 3 is 1.49 bits per heavy atom. The molecule has 0 saturated carbocycles. The standard InChI is InChI=1S/C51H38BN3/c1-51(2,35-18-6-3-7-19-35)36-32-48-50-49(33-36)54(38-22-10-5-11-23-38)47-34-39(55-44-27-15-12-24-40(44)41-25-13-16-28-45(41)55)30-31-43(47)52(50)42-26-14-17-29-46(42)53(48)37-20-8-4-9-21-37/h3-34H,1-2H3. The van der Waals surface area contributed by atoms with E-state index in [1.807, 2.05) is 0 Å². The second kappa shape index (κ2) is 12.1. The van der Waals surface area contributed by atoms with Gasteiger partial charge >= 0.3 is 0 Å². The number of rotatable bonds is 5. The highest BCUT2D eigenvalue weighted by Gasteiger charge is 2.44. The average molecular weight is 704 g/mol. The van der Waals surface area contributed by atoms with Crippen LogP contribution in [0.5, 0.6) is 0 Å². The largest absolute Gasteiger partial charge is 0.311 e. The first-order valence-corrected chi connectivity index (χ1v) is 19.2. The number of para-hydroxylation sites is 5. The van der Waals surface area contributed by atoms with Gasteiger partial charge in [0.15, 0.2) is 0 Å². The van der Waals surface area contributed by atoms with E-state index >= 15 is 0 Å². The fourth-order valence-corrected chi connectivity index (χ4v) is 9.36. The number of aromatic nitrogens is 1. The van der Waals surface area contributed by atoms with Crippen LogP contribution >= 0.6 is 0 Å². The van der Waals surface area contributed by atoms with E-state index in [0.717, 1.165) is 17.1 Å². The molecule has 0 atom stereocenters. The Balaban J connectivity index is 1.25. The third-order valence-corrected chi connectivity index (χ3v) is 12.0. The molecule has 8 aromatic carbocycles. The van der Waals surface area contributed by atoms with E-state index in [1.165, 1.54) is 72.1 Å². The molecule has 0 N–H and O–H groups in total. The van der Waals surface area contributed by atoms with Crippen molar-refractivity contribution in [1.29, 1.82) is 0 Å². The van der Waals surface area contributed by atoms with Crippen LogP contribution in [0.1, 0.15) is 25.0 Å². The van der Waals surface area contributed by atoms with Crippen LogP contribution in [-0.2, 0) is 5.41 Å². The zero-order valence-electron chi connectivity index (χ0n) is 30.9. The van der Waals surface area contributed by atoms with E-state index < -0.39 is 0 Å². The van der Waals surface area contributed by atoms with Gasteiger partial charge in [-0.15, -0.1) is 0 Å². The molecular formula is C51H38BN3. The van der Waals surface area contributed by atoms with Crippen LogP contribution in [0.15, 0.2) is 194 Å². The molecule has 0 radical (unpaired) electrons. The van der Waals surface area contributed by atoms with Crippen molar-refractivity contribution < 1.29 is 0 Å². The first kappa shape index (κ1) is 31.7. The summed E-state index contributed by atoms with van der Waals surface area (Å²) in [6, 6.07) is 71.5. The van der Waals surface area contributed by atoms with Crippen molar-refractivity contribution in [2.24, 2.45) is 0 Å². The molecule has 2 aliphatic rings. The predicted octanol–water partition coefficient (Wildman–Crippen LogP) is 11.2. The summed E-state index contributed by atoms with van der Waals surface area (Å²) in [5, 5.41) is 2.53. The molecule has 0 amide bonds. The Morgan fingerprint density at radius 1 is 0.382 bits per heavy atom. The number of anilines is 6. The molecule has 3 nitrogen and oxygen atoms in total. The number of hydrogen-bond donors (Lipinski definition) is 0. The van der Waals surface area contributed by atoms with Gasteiger partial charge in [0.05, 0.1) is 11.0 Å². The van der Waals surface area contributed by atoms with Crippen molar-refractivity contribution in [2.45, 2.75) is 19.3 Å². The average Bonchev–Trinajstić information content (AvgIpc) is 3.58. The highest BCUT2D eigenvalue weighted by molar-refractivity contribution is 7.00. The molecule has 3 heterocycles. The lowest BCUT2D eigenvalue weighted by Gasteiger charge is -2.45. The monoisotopic (exact) mass is 703 g/mol. The Labute approximate surface area is 322 Å². The van der Waals surface area contributed by atoms with E-state index in [4.69, 9.17) is 0 Å². The second-order valence-electron chi connectivity index (χ2n) is 15.4. The summed E-state index contributed by atoms with van der Waals surface area (Å²) in [6.45, 7) is 4.77. The minimum Gasteiger partial charge on any atom is -0.311 e. The van der Waals surface area contributed by atoms with Crippen molar-refractivity contribution >= 4 is 79.0 Å². The normalized spacial score (nSPS) is 13.2. The van der Waals surface area contributed by atoms with Crippen LogP contribution < -0.4 is 26.2 Å². The molecule has 0 bridgehead atoms. The molecule has 2 aliphatic heterocycles. The summed E-state index contributed by atoms with van der Waals surface area (Å²) in [4.78, 5) is 5.03. The topological polar surface area (TPSA) is 11.4 Å². The van der Waals surface area contributed by atoms with Crippen LogP contribution in [0.4, 0.5) is 34.1 Å². The van der Waals surface area contributed by atoms with Crippen molar-refractivity contribution in [2.75, 3.05) is 9.80 Å². The van der Waals surface area contributed by atoms with Crippen LogP contribution in [0.3, 0.4) is 0 Å². The fourth-order valence-electron chi connectivity index (χ4n) is 9.36. The fraction of sp³-hybridized carbons (Fsp3) is 0.0588. The van der Waals surface area contributed by atoms with E-state index in [0.29, 0.717) is 0 Å². The lowest BCUT2D eigenvalue weighted by Crippen LogP contribution is -2.61. The summed E-state index contributed by atoms with van der Waals surface area (Å²) in [6.07, 6.45) is 0. The number of nitrogens with zero attached hydrogens (tertiary/aromatic N) is 3. The minimum atomic E-state index is -0.269. The van der Waals surface area contributed by atoms with Crippen LogP contribution in [0.25, 0.3) is 27.5 Å². The van der Waals surface area contributed by atoms with Gasteiger partial charge in [-0.05, 0) is 94.2 Å². The van der Waals surface area contributed by atoms with Gasteiger partial charge in [0.1, 0.15) is 0 Å². The van der Waals surface area contributed by atoms with Gasteiger partial charge in [-0.3, -0.25) is 0 Å². The molecule has 0 fully saturated rings. The van der Waals surface area contributed by atoms with Gasteiger partial charge in [0, 0.05) is 56.0 Å². The summed E-state index contributed by atoms with van der Waals surface area (Å²) in [7, 11) is 0. The maximum Gasteiger partial charge on any atom is 0.252 e. The first-order chi connectivity index (χ1) is 27.1. The number of benzene rings is 8. The Morgan fingerprint density at radius 2 is 0.873 bits per heavy atom. The van der Waals surface area contributed by atoms with Gasteiger partial charge < -0.3 is 14.4 Å². The zero-order valence-corrected chi connectivity index (χ0v) is 30.9. The van der Waals surface area contributed by atoms with E-state index in [1.54, 1.807) is 0 Å². The van der Waals surface area contributed by atoms with E-state index in [-0.39, 0.29) is 12.1 Å². The molecule has 0 saturated heterocycles. The smallest absolute Gasteiger partial charge is 0.252 e. The Bertz CT molecular complexity index is 2860. The van der Waals surface area contributed by atoms with Gasteiger partial charge in [-0.1, -0.05) is 141 Å². The predicted molar refractivity (Wildman–Crippen MR) is 233 cm³/mol. The molecule has 260 valence electrons. The van der Waals surface area contributed by atoms with Crippen molar-refractivity contribution in [3.05, 3.63) is 205 Å². The van der Waals surface area contributed by atoms with Gasteiger partial charge in [-0.2, -0.15) is 0 Å². The molecule has 11 rings (SSSR count). The second-order valence-corrected chi connectivity index (χ2v) is 15.4. The van der Waals surface area contributed by atoms with Crippen molar-refractivity contribution in [3.63, 3.8) is 0 Å². The highest BCUT2D eigenvalue weighted by atomic mass is 15.2.